The lowest BCUT2D eigenvalue weighted by Crippen LogP contribution is -2.44. The second kappa shape index (κ2) is 41.9. The van der Waals surface area contributed by atoms with Crippen molar-refractivity contribution in [3.05, 3.63) is 230 Å². The molecule has 0 amide bonds. The number of aryl methyl sites for hydroxylation is 8. The van der Waals surface area contributed by atoms with Gasteiger partial charge in [-0.15, -0.1) is 0 Å². The van der Waals surface area contributed by atoms with E-state index in [0.29, 0.717) is 87.8 Å². The number of aromatic hydroxyl groups is 6. The van der Waals surface area contributed by atoms with Crippen molar-refractivity contribution in [3.63, 3.8) is 0 Å². The van der Waals surface area contributed by atoms with Crippen molar-refractivity contribution in [3.8, 4) is 57.5 Å². The van der Waals surface area contributed by atoms with Gasteiger partial charge in [0.05, 0.1) is 10.8 Å². The van der Waals surface area contributed by atoms with Crippen LogP contribution in [-0.4, -0.2) is 53.0 Å². The molecule has 0 saturated heterocycles. The summed E-state index contributed by atoms with van der Waals surface area (Å²) in [5, 5.41) is 67.3. The number of rotatable bonds is 24. The van der Waals surface area contributed by atoms with Crippen LogP contribution >= 0.6 is 0 Å². The molecule has 12 atom stereocenters. The summed E-state index contributed by atoms with van der Waals surface area (Å²) in [4.78, 5) is 0. The molecule has 10 aromatic rings. The molecule has 0 spiro atoms. The third-order valence-corrected chi connectivity index (χ3v) is 30.5. The minimum Gasteiger partial charge on any atom is -0.508 e. The molecule has 4 aliphatic carbocycles. The molecule has 710 valence electrons. The number of hydrogen-bond acceptors (Lipinski definition) is 12. The highest BCUT2D eigenvalue weighted by molar-refractivity contribution is 6.14. The van der Waals surface area contributed by atoms with Gasteiger partial charge in [-0.25, -0.2) is 0 Å². The van der Waals surface area contributed by atoms with E-state index in [1.807, 2.05) is 56.3 Å². The molecule has 18 rings (SSSR count). The third-order valence-electron chi connectivity index (χ3n) is 30.5. The van der Waals surface area contributed by atoms with Gasteiger partial charge in [0, 0.05) is 56.7 Å². The molecule has 8 bridgehead atoms. The van der Waals surface area contributed by atoms with E-state index >= 15 is 0 Å². The lowest BCUT2D eigenvalue weighted by molar-refractivity contribution is 0.00594. The van der Waals surface area contributed by atoms with E-state index in [-0.39, 0.29) is 22.4 Å². The minimum atomic E-state index is -0.0852. The summed E-state index contributed by atoms with van der Waals surface area (Å²) in [7, 11) is 0. The Morgan fingerprint density at radius 3 is 0.894 bits per heavy atom. The molecule has 0 radical (unpaired) electrons. The summed E-state index contributed by atoms with van der Waals surface area (Å²) in [6.45, 7) is 61.6. The van der Waals surface area contributed by atoms with Crippen molar-refractivity contribution in [2.75, 3.05) is 0 Å². The summed E-state index contributed by atoms with van der Waals surface area (Å²) >= 11 is 0. The summed E-state index contributed by atoms with van der Waals surface area (Å²) in [6, 6.07) is 32.7. The molecule has 8 aliphatic rings. The van der Waals surface area contributed by atoms with Crippen LogP contribution in [-0.2, 0) is 38.5 Å². The monoisotopic (exact) mass is 1790 g/mol. The Bertz CT molecular complexity index is 5630. The van der Waals surface area contributed by atoms with Crippen molar-refractivity contribution < 1.29 is 58.4 Å². The van der Waals surface area contributed by atoms with Crippen LogP contribution in [0.4, 0.5) is 0 Å². The van der Waals surface area contributed by atoms with Crippen molar-refractivity contribution in [1.82, 2.24) is 0 Å². The van der Waals surface area contributed by atoms with Crippen LogP contribution in [0.2, 0.25) is 0 Å². The first kappa shape index (κ1) is 99.5. The topological polar surface area (TPSA) is 185 Å². The Morgan fingerprint density at radius 2 is 0.614 bits per heavy atom. The molecule has 6 heterocycles. The van der Waals surface area contributed by atoms with Gasteiger partial charge in [-0.1, -0.05) is 198 Å². The smallest absolute Gasteiger partial charge is 0.139 e. The maximum Gasteiger partial charge on any atom is 0.139 e. The van der Waals surface area contributed by atoms with Crippen molar-refractivity contribution in [2.24, 2.45) is 23.7 Å². The van der Waals surface area contributed by atoms with Crippen LogP contribution in [0.1, 0.15) is 379 Å². The van der Waals surface area contributed by atoms with E-state index in [1.54, 1.807) is 0 Å². The number of benzene rings is 8. The summed E-state index contributed by atoms with van der Waals surface area (Å²) < 4.78 is 37.5. The average Bonchev–Trinajstić information content (AvgIpc) is 1.12. The first-order chi connectivity index (χ1) is 62.8. The third kappa shape index (κ3) is 21.7. The molecular formula is C120H158O12. The first-order valence-corrected chi connectivity index (χ1v) is 50.6. The van der Waals surface area contributed by atoms with Gasteiger partial charge in [0.15, 0.2) is 0 Å². The number of fused-ring (bicyclic) bond motifs is 22. The van der Waals surface area contributed by atoms with Gasteiger partial charge in [-0.2, -0.15) is 0 Å². The second-order valence-corrected chi connectivity index (χ2v) is 42.6. The number of phenols is 6. The first-order valence-electron chi connectivity index (χ1n) is 50.6. The molecule has 4 saturated carbocycles. The second-order valence-electron chi connectivity index (χ2n) is 42.6. The highest BCUT2D eigenvalue weighted by Crippen LogP contribution is 2.61. The van der Waals surface area contributed by atoms with E-state index in [0.717, 1.165) is 270 Å². The van der Waals surface area contributed by atoms with E-state index in [2.05, 4.69) is 205 Å². The fraction of sp³-hybridized carbons (Fsp3) is 0.517. The molecule has 4 aliphatic heterocycles. The van der Waals surface area contributed by atoms with Gasteiger partial charge in [-0.05, 0) is 369 Å². The number of allylic oxidation sites excluding steroid dienone is 5. The molecule has 6 N–H and O–H groups in total. The van der Waals surface area contributed by atoms with Gasteiger partial charge >= 0.3 is 0 Å². The maximum atomic E-state index is 10.7. The van der Waals surface area contributed by atoms with E-state index in [4.69, 9.17) is 27.8 Å². The Morgan fingerprint density at radius 1 is 0.341 bits per heavy atom. The van der Waals surface area contributed by atoms with Gasteiger partial charge in [0.25, 0.3) is 0 Å². The van der Waals surface area contributed by atoms with Gasteiger partial charge < -0.3 is 58.4 Å². The van der Waals surface area contributed by atoms with Crippen LogP contribution in [0, 0.1) is 37.5 Å². The standard InChI is InChI=1S/C21H30O2.C21H26O2.C21H24O2.3C19H26O2/c1-5-6-7-8-15-11-18(22)20-17-13-21(4,23-19(20)12-15)10-9-16(17)14(2)3;2*1-5-6-7-8-15-11-17(22)20-18(12-15)23-21-14(4)9-10-16(13(2)3)19(20)21;3*1-5-6-13-9-16(20)18-15-11-19(4,21-17(18)10-13)8-7-14(15)12(2)3/h11-12,16-17,22H,2,5-10,13H2,1,3-4H3;9-13,22H,5-8H2,1-4H3;9-12,22H,2,5-8H2,1,3-4H3;3*9-10,14-15,20H,2,5-8,11H2,1,3-4H3/t16-,17+,21+;;;14-,15+,19+;2*14-,15-,19-/m0..010/s1. The van der Waals surface area contributed by atoms with Crippen LogP contribution in [0.25, 0.3) is 49.5 Å². The summed E-state index contributed by atoms with van der Waals surface area (Å²) in [5.41, 5.74) is 24.4. The fourth-order valence-electron chi connectivity index (χ4n) is 23.6. The van der Waals surface area contributed by atoms with E-state index in [1.165, 1.54) is 95.1 Å². The lowest BCUT2D eigenvalue weighted by Gasteiger charge is -2.48. The molecule has 12 nitrogen and oxygen atoms in total. The Balaban J connectivity index is 0.000000135. The predicted octanol–water partition coefficient (Wildman–Crippen LogP) is 33.4. The molecular weight excluding hydrogens is 1630 g/mol. The predicted molar refractivity (Wildman–Crippen MR) is 549 cm³/mol. The molecule has 0 unspecified atom stereocenters. The number of ether oxygens (including phenoxy) is 4. The molecule has 4 fully saturated rings. The SMILES string of the molecule is C=C(C)[C@@H]1CC[C@@]2(C)C[C@@H]1c1c(O)cc(CCC)cc1O2.C=C(C)[C@@H]1CC[C@]2(C)C[C@H]1c1c(O)cc(CCC)cc1O2.C=C(C)[C@@H]1CC[C@]2(C)C[C@H]1c1c(O)cc(CCCCC)cc1O2.C=C(C)[C@H]1CC[C@]2(C)C[C@H]1c1c(O)cc(CCC)cc1O2.C=C(C)c1ccc(C)c2oc3cc(CCCCC)cc(O)c3c12.CCCCCc1cc(O)c2c(c1)oc1c(C)ccc(C(C)C)c12. The van der Waals surface area contributed by atoms with Crippen molar-refractivity contribution in [1.29, 1.82) is 0 Å². The van der Waals surface area contributed by atoms with Crippen LogP contribution in [0.5, 0.6) is 57.5 Å². The Kier molecular flexibility index (Phi) is 31.6. The summed E-state index contributed by atoms with van der Waals surface area (Å²) in [6.07, 6.45) is 32.5. The van der Waals surface area contributed by atoms with Crippen LogP contribution in [0.15, 0.2) is 161 Å². The van der Waals surface area contributed by atoms with Gasteiger partial charge in [0.1, 0.15) is 102 Å². The normalized spacial score (nSPS) is 23.6. The Hall–Kier alpha value is -9.94. The lowest BCUT2D eigenvalue weighted by atomic mass is 9.65. The quantitative estimate of drug-likeness (QED) is 0.0249. The molecule has 8 aromatic carbocycles. The zero-order valence-corrected chi connectivity index (χ0v) is 83.8. The number of phenolic OH excluding ortho intramolecular Hbond substituents is 6. The van der Waals surface area contributed by atoms with E-state index < -0.39 is 0 Å². The number of unbranched alkanes of at least 4 members (excludes halogenated alkanes) is 6. The van der Waals surface area contributed by atoms with Crippen molar-refractivity contribution >= 4 is 49.5 Å². The highest BCUT2D eigenvalue weighted by atomic mass is 16.5. The fourth-order valence-corrected chi connectivity index (χ4v) is 23.6. The Labute approximate surface area is 790 Å². The van der Waals surface area contributed by atoms with Crippen LogP contribution in [0.3, 0.4) is 0 Å². The average molecular weight is 1790 g/mol. The van der Waals surface area contributed by atoms with Crippen molar-refractivity contribution in [2.45, 2.75) is 376 Å². The molecule has 12 heteroatoms. The van der Waals surface area contributed by atoms with Gasteiger partial charge in [-0.3, -0.25) is 0 Å². The van der Waals surface area contributed by atoms with Crippen LogP contribution < -0.4 is 18.9 Å². The number of hydrogen-bond donors (Lipinski definition) is 6. The van der Waals surface area contributed by atoms with E-state index in [9.17, 15) is 30.6 Å². The highest BCUT2D eigenvalue weighted by Gasteiger charge is 2.51. The molecule has 132 heavy (non-hydrogen) atoms. The minimum absolute atomic E-state index is 0.0824. The maximum absolute atomic E-state index is 10.7. The zero-order valence-electron chi connectivity index (χ0n) is 83.8. The zero-order chi connectivity index (χ0) is 95.3. The molecule has 2 aromatic heterocycles. The van der Waals surface area contributed by atoms with Gasteiger partial charge in [0.2, 0.25) is 0 Å². The number of furan rings is 2. The summed E-state index contributed by atoms with van der Waals surface area (Å²) in [5.74, 6) is 9.58. The largest absolute Gasteiger partial charge is 0.508 e.